The standard InChI is InChI=1S/C24H23N3O3S/c1-4-12-27-23(30)19-7-5-6-8-20(19)25-24(27)31-15(2)22(29)18-9-10-21-17(14-18)11-13-26(21)16(3)28/h4-10,14-15H,1,11-13H2,2-3H3. The Morgan fingerprint density at radius 3 is 2.77 bits per heavy atom. The van der Waals surface area contributed by atoms with E-state index in [0.717, 1.165) is 17.7 Å². The van der Waals surface area contributed by atoms with Crippen molar-refractivity contribution in [1.82, 2.24) is 9.55 Å². The van der Waals surface area contributed by atoms with Crippen molar-refractivity contribution in [3.05, 3.63) is 76.6 Å². The van der Waals surface area contributed by atoms with E-state index in [1.807, 2.05) is 31.2 Å². The first-order chi connectivity index (χ1) is 14.9. The predicted molar refractivity (Wildman–Crippen MR) is 124 cm³/mol. The highest BCUT2D eigenvalue weighted by molar-refractivity contribution is 8.00. The number of thioether (sulfide) groups is 1. The van der Waals surface area contributed by atoms with Crippen LogP contribution in [0.5, 0.6) is 0 Å². The third-order valence-corrected chi connectivity index (χ3v) is 6.52. The number of aromatic nitrogens is 2. The number of carbonyl (C=O) groups is 2. The first-order valence-electron chi connectivity index (χ1n) is 10.1. The molecule has 0 saturated carbocycles. The maximum Gasteiger partial charge on any atom is 0.262 e. The lowest BCUT2D eigenvalue weighted by molar-refractivity contribution is -0.116. The van der Waals surface area contributed by atoms with Gasteiger partial charge < -0.3 is 4.90 Å². The summed E-state index contributed by atoms with van der Waals surface area (Å²) in [5.74, 6) is -0.0362. The Kier molecular flexibility index (Phi) is 5.78. The molecule has 0 saturated heterocycles. The number of anilines is 1. The number of Topliss-reactive ketones (excluding diaryl/α,β-unsaturated/α-hetero) is 1. The summed E-state index contributed by atoms with van der Waals surface area (Å²) in [6.45, 7) is 8.07. The van der Waals surface area contributed by atoms with Crippen molar-refractivity contribution in [3.63, 3.8) is 0 Å². The monoisotopic (exact) mass is 433 g/mol. The van der Waals surface area contributed by atoms with Gasteiger partial charge >= 0.3 is 0 Å². The fourth-order valence-electron chi connectivity index (χ4n) is 3.86. The minimum absolute atomic E-state index is 0.00400. The maximum atomic E-state index is 13.1. The molecule has 0 N–H and O–H groups in total. The van der Waals surface area contributed by atoms with Crippen LogP contribution in [0.25, 0.3) is 10.9 Å². The van der Waals surface area contributed by atoms with Gasteiger partial charge in [-0.25, -0.2) is 4.98 Å². The van der Waals surface area contributed by atoms with Crippen LogP contribution >= 0.6 is 11.8 Å². The van der Waals surface area contributed by atoms with Gasteiger partial charge in [0.1, 0.15) is 0 Å². The van der Waals surface area contributed by atoms with E-state index in [1.165, 1.54) is 11.8 Å². The molecule has 0 aliphatic carbocycles. The Morgan fingerprint density at radius 1 is 1.26 bits per heavy atom. The second kappa shape index (κ2) is 8.51. The van der Waals surface area contributed by atoms with Crippen LogP contribution in [0.2, 0.25) is 0 Å². The van der Waals surface area contributed by atoms with Gasteiger partial charge in [0.2, 0.25) is 5.91 Å². The molecule has 1 aromatic heterocycles. The Labute approximate surface area is 184 Å². The minimum Gasteiger partial charge on any atom is -0.312 e. The Hall–Kier alpha value is -3.19. The van der Waals surface area contributed by atoms with Crippen molar-refractivity contribution >= 4 is 40.0 Å². The molecule has 4 rings (SSSR count). The molecule has 1 aliphatic heterocycles. The van der Waals surface area contributed by atoms with E-state index in [-0.39, 0.29) is 17.2 Å². The summed E-state index contributed by atoms with van der Waals surface area (Å²) in [7, 11) is 0. The summed E-state index contributed by atoms with van der Waals surface area (Å²) in [4.78, 5) is 44.2. The average Bonchev–Trinajstić information content (AvgIpc) is 3.19. The summed E-state index contributed by atoms with van der Waals surface area (Å²) in [6.07, 6.45) is 2.39. The predicted octanol–water partition coefficient (Wildman–Crippen LogP) is 3.86. The Morgan fingerprint density at radius 2 is 2.03 bits per heavy atom. The number of allylic oxidation sites excluding steroid dienone is 1. The topological polar surface area (TPSA) is 72.3 Å². The number of hydrogen-bond acceptors (Lipinski definition) is 5. The van der Waals surface area contributed by atoms with Gasteiger partial charge in [-0.05, 0) is 49.2 Å². The molecule has 0 radical (unpaired) electrons. The molecular weight excluding hydrogens is 410 g/mol. The van der Waals surface area contributed by atoms with Crippen molar-refractivity contribution in [1.29, 1.82) is 0 Å². The molecule has 158 valence electrons. The Balaban J connectivity index is 1.63. The lowest BCUT2D eigenvalue weighted by atomic mass is 10.0. The van der Waals surface area contributed by atoms with Crippen LogP contribution < -0.4 is 10.5 Å². The summed E-state index contributed by atoms with van der Waals surface area (Å²) in [6, 6.07) is 12.7. The van der Waals surface area contributed by atoms with E-state index in [9.17, 15) is 14.4 Å². The first-order valence-corrected chi connectivity index (χ1v) is 11.0. The van der Waals surface area contributed by atoms with Crippen molar-refractivity contribution in [2.24, 2.45) is 0 Å². The summed E-state index contributed by atoms with van der Waals surface area (Å²) >= 11 is 1.27. The number of carbonyl (C=O) groups excluding carboxylic acids is 2. The van der Waals surface area contributed by atoms with Gasteiger partial charge in [0.15, 0.2) is 10.9 Å². The number of hydrogen-bond donors (Lipinski definition) is 0. The molecule has 6 nitrogen and oxygen atoms in total. The van der Waals surface area contributed by atoms with Gasteiger partial charge in [-0.15, -0.1) is 6.58 Å². The van der Waals surface area contributed by atoms with Crippen LogP contribution in [0.1, 0.15) is 29.8 Å². The van der Waals surface area contributed by atoms with E-state index >= 15 is 0 Å². The van der Waals surface area contributed by atoms with Crippen LogP contribution in [0.3, 0.4) is 0 Å². The fourth-order valence-corrected chi connectivity index (χ4v) is 4.85. The number of rotatable bonds is 6. The SMILES string of the molecule is C=CCn1c(SC(C)C(=O)c2ccc3c(c2)CCN3C(C)=O)nc2ccccc2c1=O. The van der Waals surface area contributed by atoms with Gasteiger partial charge in [-0.3, -0.25) is 19.0 Å². The molecule has 2 heterocycles. The lowest BCUT2D eigenvalue weighted by Crippen LogP contribution is -2.25. The third-order valence-electron chi connectivity index (χ3n) is 5.43. The van der Waals surface area contributed by atoms with Crippen molar-refractivity contribution in [2.75, 3.05) is 11.4 Å². The van der Waals surface area contributed by atoms with Crippen molar-refractivity contribution in [2.45, 2.75) is 37.2 Å². The number of para-hydroxylation sites is 1. The minimum atomic E-state index is -0.438. The van der Waals surface area contributed by atoms with Crippen LogP contribution in [-0.2, 0) is 17.8 Å². The smallest absolute Gasteiger partial charge is 0.262 e. The quantitative estimate of drug-likeness (QED) is 0.256. The summed E-state index contributed by atoms with van der Waals surface area (Å²) in [5, 5.41) is 0.599. The van der Waals surface area contributed by atoms with Crippen LogP contribution in [0.15, 0.2) is 65.1 Å². The van der Waals surface area contributed by atoms with Crippen LogP contribution in [0, 0.1) is 0 Å². The number of amides is 1. The second-order valence-corrected chi connectivity index (χ2v) is 8.81. The zero-order chi connectivity index (χ0) is 22.1. The van der Waals surface area contributed by atoms with E-state index in [1.54, 1.807) is 40.7 Å². The molecule has 3 aromatic rings. The molecule has 1 aliphatic rings. The molecule has 7 heteroatoms. The van der Waals surface area contributed by atoms with Gasteiger partial charge in [-0.2, -0.15) is 0 Å². The van der Waals surface area contributed by atoms with Gasteiger partial charge in [0, 0.05) is 31.3 Å². The average molecular weight is 434 g/mol. The highest BCUT2D eigenvalue weighted by Gasteiger charge is 2.25. The van der Waals surface area contributed by atoms with Gasteiger partial charge in [-0.1, -0.05) is 30.0 Å². The van der Waals surface area contributed by atoms with Crippen molar-refractivity contribution < 1.29 is 9.59 Å². The van der Waals surface area contributed by atoms with Crippen LogP contribution in [0.4, 0.5) is 5.69 Å². The number of ketones is 1. The van der Waals surface area contributed by atoms with Crippen molar-refractivity contribution in [3.8, 4) is 0 Å². The highest BCUT2D eigenvalue weighted by atomic mass is 32.2. The molecule has 0 bridgehead atoms. The molecule has 31 heavy (non-hydrogen) atoms. The molecule has 1 unspecified atom stereocenters. The van der Waals surface area contributed by atoms with E-state index in [4.69, 9.17) is 0 Å². The molecule has 0 spiro atoms. The zero-order valence-corrected chi connectivity index (χ0v) is 18.3. The molecule has 2 aromatic carbocycles. The molecule has 1 atom stereocenters. The number of fused-ring (bicyclic) bond motifs is 2. The van der Waals surface area contributed by atoms with Gasteiger partial charge in [0.25, 0.3) is 5.56 Å². The first kappa shape index (κ1) is 21.1. The number of benzene rings is 2. The molecule has 0 fully saturated rings. The summed E-state index contributed by atoms with van der Waals surface area (Å²) < 4.78 is 1.55. The van der Waals surface area contributed by atoms with Gasteiger partial charge in [0.05, 0.1) is 16.2 Å². The number of nitrogens with zero attached hydrogens (tertiary/aromatic N) is 3. The largest absolute Gasteiger partial charge is 0.312 e. The van der Waals surface area contributed by atoms with Crippen LogP contribution in [-0.4, -0.2) is 33.0 Å². The van der Waals surface area contributed by atoms with E-state index in [2.05, 4.69) is 11.6 Å². The lowest BCUT2D eigenvalue weighted by Gasteiger charge is -2.16. The summed E-state index contributed by atoms with van der Waals surface area (Å²) in [5.41, 5.74) is 2.94. The molecular formula is C24H23N3O3S. The highest BCUT2D eigenvalue weighted by Crippen LogP contribution is 2.31. The van der Waals surface area contributed by atoms with E-state index in [0.29, 0.717) is 34.7 Å². The maximum absolute atomic E-state index is 13.1. The normalized spacial score (nSPS) is 13.8. The second-order valence-electron chi connectivity index (χ2n) is 7.50. The fraction of sp³-hybridized carbons (Fsp3) is 0.250. The third kappa shape index (κ3) is 3.93. The van der Waals surface area contributed by atoms with E-state index < -0.39 is 5.25 Å². The molecule has 1 amide bonds. The zero-order valence-electron chi connectivity index (χ0n) is 17.5. The Bertz CT molecular complexity index is 1260.